The summed E-state index contributed by atoms with van der Waals surface area (Å²) in [6.45, 7) is 1.67. The summed E-state index contributed by atoms with van der Waals surface area (Å²) in [7, 11) is -2.98. The molecule has 0 saturated carbocycles. The van der Waals surface area contributed by atoms with Gasteiger partial charge in [-0.15, -0.1) is 0 Å². The standard InChI is InChI=1S/C11H12BrNO2S/c1-2-16(14,15)7-8-6-13-11-4-3-9(12)5-10(8)11/h3-6,13H,2,7H2,1H3. The Labute approximate surface area is 103 Å². The molecule has 1 N–H and O–H groups in total. The summed E-state index contributed by atoms with van der Waals surface area (Å²) in [6.07, 6.45) is 1.77. The Morgan fingerprint density at radius 1 is 1.38 bits per heavy atom. The van der Waals surface area contributed by atoms with Gasteiger partial charge in [0.15, 0.2) is 9.84 Å². The van der Waals surface area contributed by atoms with Crippen molar-refractivity contribution >= 4 is 36.7 Å². The Bertz CT molecular complexity index is 616. The molecule has 2 rings (SSSR count). The van der Waals surface area contributed by atoms with Crippen LogP contribution in [0, 0.1) is 0 Å². The molecule has 2 aromatic rings. The highest BCUT2D eigenvalue weighted by atomic mass is 79.9. The van der Waals surface area contributed by atoms with Crippen molar-refractivity contribution in [2.75, 3.05) is 5.75 Å². The minimum Gasteiger partial charge on any atom is -0.361 e. The van der Waals surface area contributed by atoms with Crippen LogP contribution in [0.1, 0.15) is 12.5 Å². The number of halogens is 1. The van der Waals surface area contributed by atoms with Crippen molar-refractivity contribution in [3.63, 3.8) is 0 Å². The van der Waals surface area contributed by atoms with E-state index in [4.69, 9.17) is 0 Å². The SMILES string of the molecule is CCS(=O)(=O)Cc1c[nH]c2ccc(Br)cc12. The second-order valence-corrected chi connectivity index (χ2v) is 6.95. The summed E-state index contributed by atoms with van der Waals surface area (Å²) in [4.78, 5) is 3.08. The zero-order valence-corrected chi connectivity index (χ0v) is 11.2. The third kappa shape index (κ3) is 2.30. The second-order valence-electron chi connectivity index (χ2n) is 3.68. The van der Waals surface area contributed by atoms with Crippen molar-refractivity contribution in [2.24, 2.45) is 0 Å². The number of nitrogens with one attached hydrogen (secondary N) is 1. The maximum absolute atomic E-state index is 11.6. The lowest BCUT2D eigenvalue weighted by Gasteiger charge is -2.00. The monoisotopic (exact) mass is 301 g/mol. The Hall–Kier alpha value is -0.810. The smallest absolute Gasteiger partial charge is 0.154 e. The molecule has 0 amide bonds. The van der Waals surface area contributed by atoms with Gasteiger partial charge in [-0.25, -0.2) is 8.42 Å². The van der Waals surface area contributed by atoms with E-state index in [1.807, 2.05) is 18.2 Å². The van der Waals surface area contributed by atoms with E-state index < -0.39 is 9.84 Å². The van der Waals surface area contributed by atoms with Gasteiger partial charge in [0, 0.05) is 27.3 Å². The first-order chi connectivity index (χ1) is 7.52. The molecule has 0 aliphatic rings. The van der Waals surface area contributed by atoms with Gasteiger partial charge in [0.05, 0.1) is 5.75 Å². The summed E-state index contributed by atoms with van der Waals surface area (Å²) in [5, 5.41) is 0.964. The average molecular weight is 302 g/mol. The van der Waals surface area contributed by atoms with Crippen LogP contribution in [0.2, 0.25) is 0 Å². The minimum atomic E-state index is -2.98. The Morgan fingerprint density at radius 3 is 2.81 bits per heavy atom. The van der Waals surface area contributed by atoms with Gasteiger partial charge in [-0.05, 0) is 23.8 Å². The van der Waals surface area contributed by atoms with Gasteiger partial charge in [-0.2, -0.15) is 0 Å². The number of benzene rings is 1. The van der Waals surface area contributed by atoms with E-state index in [9.17, 15) is 8.42 Å². The molecule has 86 valence electrons. The number of fused-ring (bicyclic) bond motifs is 1. The summed E-state index contributed by atoms with van der Waals surface area (Å²) < 4.78 is 24.1. The molecule has 0 fully saturated rings. The topological polar surface area (TPSA) is 49.9 Å². The third-order valence-corrected chi connectivity index (χ3v) is 4.67. The second kappa shape index (κ2) is 4.22. The molecule has 0 spiro atoms. The molecule has 1 aromatic heterocycles. The number of sulfone groups is 1. The van der Waals surface area contributed by atoms with Crippen LogP contribution in [0.15, 0.2) is 28.9 Å². The highest BCUT2D eigenvalue weighted by Crippen LogP contribution is 2.24. The van der Waals surface area contributed by atoms with E-state index in [1.165, 1.54) is 0 Å². The first kappa shape index (κ1) is 11.7. The van der Waals surface area contributed by atoms with Crippen LogP contribution in [0.25, 0.3) is 10.9 Å². The molecule has 1 heterocycles. The lowest BCUT2D eigenvalue weighted by molar-refractivity contribution is 0.596. The zero-order chi connectivity index (χ0) is 11.8. The Kier molecular flexibility index (Phi) is 3.08. The molecule has 0 atom stereocenters. The maximum atomic E-state index is 11.6. The van der Waals surface area contributed by atoms with Gasteiger partial charge < -0.3 is 4.98 Å². The van der Waals surface area contributed by atoms with Gasteiger partial charge in [-0.3, -0.25) is 0 Å². The lowest BCUT2D eigenvalue weighted by Crippen LogP contribution is -2.05. The molecule has 16 heavy (non-hydrogen) atoms. The van der Waals surface area contributed by atoms with Crippen molar-refractivity contribution in [1.82, 2.24) is 4.98 Å². The predicted molar refractivity (Wildman–Crippen MR) is 69.2 cm³/mol. The maximum Gasteiger partial charge on any atom is 0.154 e. The quantitative estimate of drug-likeness (QED) is 0.948. The van der Waals surface area contributed by atoms with Crippen LogP contribution < -0.4 is 0 Å². The summed E-state index contributed by atoms with van der Waals surface area (Å²) in [5.74, 6) is 0.271. The van der Waals surface area contributed by atoms with Crippen molar-refractivity contribution in [1.29, 1.82) is 0 Å². The van der Waals surface area contributed by atoms with Gasteiger partial charge in [-0.1, -0.05) is 22.9 Å². The Morgan fingerprint density at radius 2 is 2.12 bits per heavy atom. The molecule has 5 heteroatoms. The van der Waals surface area contributed by atoms with Crippen molar-refractivity contribution in [2.45, 2.75) is 12.7 Å². The van der Waals surface area contributed by atoms with E-state index in [0.717, 1.165) is 20.9 Å². The van der Waals surface area contributed by atoms with Crippen LogP contribution in [-0.2, 0) is 15.6 Å². The fourth-order valence-electron chi connectivity index (χ4n) is 1.61. The molecule has 1 aromatic carbocycles. The Balaban J connectivity index is 2.50. The number of hydrogen-bond acceptors (Lipinski definition) is 2. The molecule has 0 aliphatic carbocycles. The summed E-state index contributed by atoms with van der Waals surface area (Å²) in [5.41, 5.74) is 1.79. The fourth-order valence-corrected chi connectivity index (χ4v) is 2.89. The van der Waals surface area contributed by atoms with E-state index in [2.05, 4.69) is 20.9 Å². The molecular weight excluding hydrogens is 290 g/mol. The number of aromatic nitrogens is 1. The first-order valence-electron chi connectivity index (χ1n) is 4.98. The molecule has 3 nitrogen and oxygen atoms in total. The van der Waals surface area contributed by atoms with Gasteiger partial charge in [0.25, 0.3) is 0 Å². The van der Waals surface area contributed by atoms with Crippen molar-refractivity contribution in [3.8, 4) is 0 Å². The van der Waals surface area contributed by atoms with Crippen LogP contribution in [0.5, 0.6) is 0 Å². The van der Waals surface area contributed by atoms with Crippen molar-refractivity contribution < 1.29 is 8.42 Å². The zero-order valence-electron chi connectivity index (χ0n) is 8.83. The van der Waals surface area contributed by atoms with Gasteiger partial charge >= 0.3 is 0 Å². The first-order valence-corrected chi connectivity index (χ1v) is 7.59. The average Bonchev–Trinajstić information content (AvgIpc) is 2.61. The van der Waals surface area contributed by atoms with E-state index >= 15 is 0 Å². The predicted octanol–water partition coefficient (Wildman–Crippen LogP) is 2.87. The van der Waals surface area contributed by atoms with Crippen LogP contribution in [0.3, 0.4) is 0 Å². The molecule has 0 saturated heterocycles. The van der Waals surface area contributed by atoms with Crippen molar-refractivity contribution in [3.05, 3.63) is 34.4 Å². The molecule has 0 bridgehead atoms. The van der Waals surface area contributed by atoms with Crippen LogP contribution in [-0.4, -0.2) is 19.2 Å². The molecule has 0 aliphatic heterocycles. The molecule has 0 unspecified atom stereocenters. The number of aromatic amines is 1. The van der Waals surface area contributed by atoms with Gasteiger partial charge in [0.2, 0.25) is 0 Å². The molecule has 0 radical (unpaired) electrons. The number of rotatable bonds is 3. The van der Waals surface area contributed by atoms with E-state index in [-0.39, 0.29) is 11.5 Å². The highest BCUT2D eigenvalue weighted by molar-refractivity contribution is 9.10. The minimum absolute atomic E-state index is 0.0972. The fraction of sp³-hybridized carbons (Fsp3) is 0.273. The van der Waals surface area contributed by atoms with Crippen LogP contribution >= 0.6 is 15.9 Å². The van der Waals surface area contributed by atoms with Gasteiger partial charge in [0.1, 0.15) is 0 Å². The summed E-state index contributed by atoms with van der Waals surface area (Å²) in [6, 6.07) is 5.80. The highest BCUT2D eigenvalue weighted by Gasteiger charge is 2.12. The number of hydrogen-bond donors (Lipinski definition) is 1. The van der Waals surface area contributed by atoms with Crippen LogP contribution in [0.4, 0.5) is 0 Å². The molecular formula is C11H12BrNO2S. The largest absolute Gasteiger partial charge is 0.361 e. The normalized spacial score (nSPS) is 12.1. The van der Waals surface area contributed by atoms with E-state index in [1.54, 1.807) is 13.1 Å². The van der Waals surface area contributed by atoms with E-state index in [0.29, 0.717) is 0 Å². The number of H-pyrrole nitrogens is 1. The lowest BCUT2D eigenvalue weighted by atomic mass is 10.2. The summed E-state index contributed by atoms with van der Waals surface area (Å²) >= 11 is 3.38. The third-order valence-electron chi connectivity index (χ3n) is 2.54.